The van der Waals surface area contributed by atoms with Gasteiger partial charge in [0.1, 0.15) is 17.9 Å². The fourth-order valence-electron chi connectivity index (χ4n) is 2.11. The number of thiophene rings is 1. The normalized spacial score (nSPS) is 12.0. The maximum atomic E-state index is 12.7. The van der Waals surface area contributed by atoms with E-state index in [9.17, 15) is 13.2 Å². The zero-order chi connectivity index (χ0) is 16.3. The highest BCUT2D eigenvalue weighted by Gasteiger charge is 2.35. The molecule has 0 saturated carbocycles. The number of ether oxygens (including phenoxy) is 1. The van der Waals surface area contributed by atoms with Gasteiger partial charge in [-0.1, -0.05) is 12.1 Å². The highest BCUT2D eigenvalue weighted by atomic mass is 32.1. The van der Waals surface area contributed by atoms with E-state index in [-0.39, 0.29) is 5.52 Å². The van der Waals surface area contributed by atoms with Crippen molar-refractivity contribution >= 4 is 22.4 Å². The summed E-state index contributed by atoms with van der Waals surface area (Å²) in [5.41, 5.74) is 0.499. The average molecular weight is 341 g/mol. The minimum Gasteiger partial charge on any atom is -0.490 e. The van der Waals surface area contributed by atoms with Crippen molar-refractivity contribution in [2.75, 3.05) is 13.2 Å². The van der Waals surface area contributed by atoms with E-state index in [4.69, 9.17) is 4.74 Å². The van der Waals surface area contributed by atoms with Crippen LogP contribution in [-0.4, -0.2) is 23.1 Å². The second-order valence-electron chi connectivity index (χ2n) is 4.84. The number of aromatic nitrogens is 2. The number of alkyl halides is 3. The predicted molar refractivity (Wildman–Crippen MR) is 82.6 cm³/mol. The van der Waals surface area contributed by atoms with Crippen LogP contribution in [0.1, 0.15) is 10.7 Å². The van der Waals surface area contributed by atoms with Gasteiger partial charge in [0, 0.05) is 18.0 Å². The predicted octanol–water partition coefficient (Wildman–Crippen LogP) is 3.81. The van der Waals surface area contributed by atoms with Gasteiger partial charge in [0.15, 0.2) is 0 Å². The van der Waals surface area contributed by atoms with E-state index < -0.39 is 12.0 Å². The average Bonchev–Trinajstić information content (AvgIpc) is 3.15. The Morgan fingerprint density at radius 1 is 1.22 bits per heavy atom. The Balaban J connectivity index is 1.60. The lowest BCUT2D eigenvalue weighted by Gasteiger charge is -2.07. The molecule has 3 aromatic rings. The number of imidazole rings is 1. The minimum atomic E-state index is -4.50. The number of benzene rings is 1. The van der Waals surface area contributed by atoms with Gasteiger partial charge in [0.2, 0.25) is 5.82 Å². The van der Waals surface area contributed by atoms with Crippen LogP contribution >= 0.6 is 11.3 Å². The molecule has 0 atom stereocenters. The molecule has 2 aromatic heterocycles. The fourth-order valence-corrected chi connectivity index (χ4v) is 2.79. The van der Waals surface area contributed by atoms with Gasteiger partial charge >= 0.3 is 6.18 Å². The van der Waals surface area contributed by atoms with Gasteiger partial charge in [-0.2, -0.15) is 13.2 Å². The zero-order valence-corrected chi connectivity index (χ0v) is 12.8. The summed E-state index contributed by atoms with van der Waals surface area (Å²) < 4.78 is 43.7. The molecule has 0 aliphatic heterocycles. The smallest absolute Gasteiger partial charge is 0.449 e. The number of para-hydroxylation sites is 1. The Kier molecular flexibility index (Phi) is 4.53. The number of nitrogens with one attached hydrogen (secondary N) is 2. The minimum absolute atomic E-state index is 0.193. The van der Waals surface area contributed by atoms with Gasteiger partial charge < -0.3 is 15.0 Å². The van der Waals surface area contributed by atoms with Crippen molar-refractivity contribution in [2.45, 2.75) is 12.7 Å². The number of halogens is 3. The molecule has 3 rings (SSSR count). The van der Waals surface area contributed by atoms with Gasteiger partial charge in [-0.15, -0.1) is 11.3 Å². The molecular formula is C15H14F3N3OS. The van der Waals surface area contributed by atoms with Gasteiger partial charge in [-0.25, -0.2) is 4.98 Å². The maximum Gasteiger partial charge on any atom is 0.449 e. The highest BCUT2D eigenvalue weighted by molar-refractivity contribution is 7.09. The molecule has 0 fully saturated rings. The molecule has 23 heavy (non-hydrogen) atoms. The van der Waals surface area contributed by atoms with Crippen molar-refractivity contribution in [3.63, 3.8) is 0 Å². The summed E-state index contributed by atoms with van der Waals surface area (Å²) in [6.45, 7) is 1.68. The van der Waals surface area contributed by atoms with Crippen LogP contribution in [0, 0.1) is 0 Å². The van der Waals surface area contributed by atoms with Gasteiger partial charge in [0.25, 0.3) is 0 Å². The molecular weight excluding hydrogens is 327 g/mol. The van der Waals surface area contributed by atoms with Crippen molar-refractivity contribution < 1.29 is 17.9 Å². The quantitative estimate of drug-likeness (QED) is 0.670. The molecule has 0 spiro atoms. The summed E-state index contributed by atoms with van der Waals surface area (Å²) in [4.78, 5) is 7.08. The third-order valence-electron chi connectivity index (χ3n) is 3.16. The SMILES string of the molecule is FC(F)(F)c1nc2c(OCCNCc3cccs3)cccc2[nH]1. The van der Waals surface area contributed by atoms with E-state index in [1.165, 1.54) is 4.88 Å². The molecule has 0 aliphatic rings. The summed E-state index contributed by atoms with van der Waals surface area (Å²) in [5, 5.41) is 5.22. The largest absolute Gasteiger partial charge is 0.490 e. The Hall–Kier alpha value is -2.06. The summed E-state index contributed by atoms with van der Waals surface area (Å²) in [5.74, 6) is -0.674. The number of rotatable bonds is 6. The third-order valence-corrected chi connectivity index (χ3v) is 4.04. The lowest BCUT2D eigenvalue weighted by Crippen LogP contribution is -2.20. The molecule has 0 saturated heterocycles. The fraction of sp³-hybridized carbons (Fsp3) is 0.267. The van der Waals surface area contributed by atoms with Crippen LogP contribution < -0.4 is 10.1 Å². The Labute approximate surface area is 134 Å². The molecule has 0 bridgehead atoms. The highest BCUT2D eigenvalue weighted by Crippen LogP contribution is 2.31. The number of nitrogens with zero attached hydrogens (tertiary/aromatic N) is 1. The topological polar surface area (TPSA) is 49.9 Å². The van der Waals surface area contributed by atoms with Gasteiger partial charge in [-0.3, -0.25) is 0 Å². The molecule has 2 N–H and O–H groups in total. The van der Waals surface area contributed by atoms with E-state index >= 15 is 0 Å². The van der Waals surface area contributed by atoms with E-state index in [2.05, 4.69) is 15.3 Å². The van der Waals surface area contributed by atoms with Crippen LogP contribution in [0.4, 0.5) is 13.2 Å². The Morgan fingerprint density at radius 3 is 2.83 bits per heavy atom. The summed E-state index contributed by atoms with van der Waals surface area (Å²) in [7, 11) is 0. The Morgan fingerprint density at radius 2 is 2.09 bits per heavy atom. The standard InChI is InChI=1S/C15H14F3N3OS/c16-15(17,18)14-20-11-4-1-5-12(13(11)21-14)22-7-6-19-9-10-3-2-8-23-10/h1-5,8,19H,6-7,9H2,(H,20,21). The Bertz CT molecular complexity index is 768. The van der Waals surface area contributed by atoms with E-state index in [1.54, 1.807) is 29.5 Å². The first-order valence-corrected chi connectivity index (χ1v) is 7.84. The second-order valence-corrected chi connectivity index (χ2v) is 5.87. The lowest BCUT2D eigenvalue weighted by atomic mass is 10.3. The second kappa shape index (κ2) is 6.59. The number of aromatic amines is 1. The van der Waals surface area contributed by atoms with Gasteiger partial charge in [-0.05, 0) is 23.6 Å². The molecule has 0 unspecified atom stereocenters. The van der Waals surface area contributed by atoms with E-state index in [0.29, 0.717) is 24.4 Å². The molecule has 4 nitrogen and oxygen atoms in total. The van der Waals surface area contributed by atoms with Crippen molar-refractivity contribution in [1.82, 2.24) is 15.3 Å². The molecule has 0 radical (unpaired) electrons. The van der Waals surface area contributed by atoms with Crippen LogP contribution in [0.25, 0.3) is 11.0 Å². The zero-order valence-electron chi connectivity index (χ0n) is 12.0. The first-order chi connectivity index (χ1) is 11.0. The van der Waals surface area contributed by atoms with Crippen molar-refractivity contribution in [3.05, 3.63) is 46.4 Å². The first-order valence-electron chi connectivity index (χ1n) is 6.96. The number of H-pyrrole nitrogens is 1. The van der Waals surface area contributed by atoms with Crippen molar-refractivity contribution in [2.24, 2.45) is 0 Å². The molecule has 0 amide bonds. The number of fused-ring (bicyclic) bond motifs is 1. The molecule has 1 aromatic carbocycles. The molecule has 2 heterocycles. The monoisotopic (exact) mass is 341 g/mol. The summed E-state index contributed by atoms with van der Waals surface area (Å²) in [6, 6.07) is 8.80. The van der Waals surface area contributed by atoms with Crippen LogP contribution in [0.5, 0.6) is 5.75 Å². The summed E-state index contributed by atoms with van der Waals surface area (Å²) >= 11 is 1.66. The van der Waals surface area contributed by atoms with Crippen molar-refractivity contribution in [3.8, 4) is 5.75 Å². The van der Waals surface area contributed by atoms with Crippen LogP contribution in [0.3, 0.4) is 0 Å². The van der Waals surface area contributed by atoms with Gasteiger partial charge in [0.05, 0.1) is 5.52 Å². The maximum absolute atomic E-state index is 12.7. The van der Waals surface area contributed by atoms with Crippen LogP contribution in [0.2, 0.25) is 0 Å². The summed E-state index contributed by atoms with van der Waals surface area (Å²) in [6.07, 6.45) is -4.50. The first kappa shape index (κ1) is 15.8. The molecule has 0 aliphatic carbocycles. The van der Waals surface area contributed by atoms with E-state index in [1.807, 2.05) is 17.5 Å². The molecule has 122 valence electrons. The third kappa shape index (κ3) is 3.83. The molecule has 8 heteroatoms. The van der Waals surface area contributed by atoms with Crippen LogP contribution in [-0.2, 0) is 12.7 Å². The lowest BCUT2D eigenvalue weighted by molar-refractivity contribution is -0.144. The number of hydrogen-bond acceptors (Lipinski definition) is 4. The van der Waals surface area contributed by atoms with Crippen molar-refractivity contribution in [1.29, 1.82) is 0 Å². The number of hydrogen-bond donors (Lipinski definition) is 2. The van der Waals surface area contributed by atoms with E-state index in [0.717, 1.165) is 6.54 Å². The van der Waals surface area contributed by atoms with Crippen LogP contribution in [0.15, 0.2) is 35.7 Å².